The molecule has 0 aliphatic carbocycles. The molecule has 1 saturated heterocycles. The molecular weight excluding hydrogens is 396 g/mol. The third kappa shape index (κ3) is 6.97. The molecule has 3 amide bonds. The molecular formula is C19H32N4O7. The summed E-state index contributed by atoms with van der Waals surface area (Å²) in [5.74, 6) is -4.16. The van der Waals surface area contributed by atoms with Crippen LogP contribution in [0, 0.1) is 5.92 Å². The van der Waals surface area contributed by atoms with Gasteiger partial charge in [0.15, 0.2) is 0 Å². The van der Waals surface area contributed by atoms with Crippen molar-refractivity contribution in [3.8, 4) is 0 Å². The minimum absolute atomic E-state index is 0.0665. The van der Waals surface area contributed by atoms with Gasteiger partial charge in [-0.1, -0.05) is 20.3 Å². The lowest BCUT2D eigenvalue weighted by atomic mass is 9.98. The van der Waals surface area contributed by atoms with E-state index in [2.05, 4.69) is 10.6 Å². The number of aliphatic carboxylic acids is 2. The third-order valence-corrected chi connectivity index (χ3v) is 5.35. The zero-order valence-corrected chi connectivity index (χ0v) is 17.6. The van der Waals surface area contributed by atoms with Crippen LogP contribution in [0.2, 0.25) is 0 Å². The van der Waals surface area contributed by atoms with Gasteiger partial charge >= 0.3 is 11.9 Å². The van der Waals surface area contributed by atoms with Gasteiger partial charge in [-0.05, 0) is 32.1 Å². The fourth-order valence-corrected chi connectivity index (χ4v) is 3.28. The van der Waals surface area contributed by atoms with Crippen molar-refractivity contribution >= 4 is 29.7 Å². The summed E-state index contributed by atoms with van der Waals surface area (Å²) in [6.45, 7) is 5.31. The summed E-state index contributed by atoms with van der Waals surface area (Å²) in [7, 11) is 0. The van der Waals surface area contributed by atoms with Crippen LogP contribution in [0.1, 0.15) is 52.9 Å². The fourth-order valence-electron chi connectivity index (χ4n) is 3.28. The van der Waals surface area contributed by atoms with Crippen molar-refractivity contribution in [2.75, 3.05) is 6.54 Å². The highest BCUT2D eigenvalue weighted by atomic mass is 16.4. The summed E-state index contributed by atoms with van der Waals surface area (Å²) in [6.07, 6.45) is 1.19. The molecule has 0 bridgehead atoms. The molecule has 0 aromatic heterocycles. The summed E-state index contributed by atoms with van der Waals surface area (Å²) in [5.41, 5.74) is 5.65. The molecule has 11 nitrogen and oxygen atoms in total. The number of nitrogens with one attached hydrogen (secondary N) is 2. The van der Waals surface area contributed by atoms with Crippen LogP contribution in [0.15, 0.2) is 0 Å². The van der Waals surface area contributed by atoms with Crippen molar-refractivity contribution in [3.05, 3.63) is 0 Å². The molecule has 0 radical (unpaired) electrons. The second kappa shape index (κ2) is 11.5. The van der Waals surface area contributed by atoms with E-state index in [0.29, 0.717) is 25.8 Å². The molecule has 11 heteroatoms. The monoisotopic (exact) mass is 428 g/mol. The van der Waals surface area contributed by atoms with Crippen molar-refractivity contribution < 1.29 is 34.2 Å². The predicted octanol–water partition coefficient (Wildman–Crippen LogP) is -0.710. The number of likely N-dealkylation sites (tertiary alicyclic amines) is 1. The van der Waals surface area contributed by atoms with Crippen LogP contribution in [-0.2, 0) is 24.0 Å². The van der Waals surface area contributed by atoms with Gasteiger partial charge in [0.05, 0.1) is 6.04 Å². The maximum absolute atomic E-state index is 12.8. The van der Waals surface area contributed by atoms with Gasteiger partial charge in [-0.25, -0.2) is 4.79 Å². The molecule has 30 heavy (non-hydrogen) atoms. The van der Waals surface area contributed by atoms with Crippen molar-refractivity contribution in [3.63, 3.8) is 0 Å². The average molecular weight is 428 g/mol. The number of rotatable bonds is 11. The summed E-state index contributed by atoms with van der Waals surface area (Å²) in [6, 6.07) is -3.90. The average Bonchev–Trinajstić information content (AvgIpc) is 3.18. The van der Waals surface area contributed by atoms with E-state index in [4.69, 9.17) is 10.8 Å². The molecule has 0 saturated carbocycles. The zero-order valence-electron chi connectivity index (χ0n) is 17.6. The van der Waals surface area contributed by atoms with E-state index < -0.39 is 53.8 Å². The van der Waals surface area contributed by atoms with Gasteiger partial charge in [0.2, 0.25) is 17.7 Å². The van der Waals surface area contributed by atoms with Crippen LogP contribution in [0.3, 0.4) is 0 Å². The van der Waals surface area contributed by atoms with Crippen molar-refractivity contribution in [1.82, 2.24) is 15.5 Å². The minimum atomic E-state index is -1.13. The van der Waals surface area contributed by atoms with E-state index in [-0.39, 0.29) is 18.8 Å². The maximum atomic E-state index is 12.8. The number of amides is 3. The Hall–Kier alpha value is -2.69. The van der Waals surface area contributed by atoms with E-state index in [1.165, 1.54) is 11.8 Å². The topological polar surface area (TPSA) is 179 Å². The normalized spacial score (nSPS) is 20.0. The van der Waals surface area contributed by atoms with Crippen molar-refractivity contribution in [1.29, 1.82) is 0 Å². The predicted molar refractivity (Wildman–Crippen MR) is 106 cm³/mol. The number of carbonyl (C=O) groups is 5. The van der Waals surface area contributed by atoms with Crippen LogP contribution in [0.4, 0.5) is 0 Å². The Morgan fingerprint density at radius 1 is 1.13 bits per heavy atom. The lowest BCUT2D eigenvalue weighted by Gasteiger charge is -2.29. The summed E-state index contributed by atoms with van der Waals surface area (Å²) >= 11 is 0. The van der Waals surface area contributed by atoms with Gasteiger partial charge < -0.3 is 31.5 Å². The van der Waals surface area contributed by atoms with Gasteiger partial charge in [0.1, 0.15) is 18.1 Å². The van der Waals surface area contributed by atoms with Gasteiger partial charge in [0.25, 0.3) is 0 Å². The molecule has 1 aliphatic heterocycles. The molecule has 170 valence electrons. The number of nitrogens with zero attached hydrogens (tertiary/aromatic N) is 1. The first-order valence-electron chi connectivity index (χ1n) is 10.1. The van der Waals surface area contributed by atoms with Gasteiger partial charge in [-0.15, -0.1) is 0 Å². The first kappa shape index (κ1) is 25.3. The van der Waals surface area contributed by atoms with Crippen molar-refractivity contribution in [2.45, 2.75) is 77.0 Å². The second-order valence-corrected chi connectivity index (χ2v) is 7.67. The van der Waals surface area contributed by atoms with Crippen LogP contribution in [-0.4, -0.2) is 75.5 Å². The molecule has 5 atom stereocenters. The maximum Gasteiger partial charge on any atom is 0.326 e. The number of carboxylic acid groups (broad SMARTS) is 2. The smallest absolute Gasteiger partial charge is 0.326 e. The summed E-state index contributed by atoms with van der Waals surface area (Å²) < 4.78 is 0. The van der Waals surface area contributed by atoms with E-state index in [9.17, 15) is 29.1 Å². The molecule has 1 heterocycles. The Morgan fingerprint density at radius 3 is 2.30 bits per heavy atom. The Labute approximate surface area is 175 Å². The van der Waals surface area contributed by atoms with Crippen LogP contribution in [0.5, 0.6) is 0 Å². The van der Waals surface area contributed by atoms with E-state index >= 15 is 0 Å². The highest BCUT2D eigenvalue weighted by molar-refractivity contribution is 5.94. The summed E-state index contributed by atoms with van der Waals surface area (Å²) in [4.78, 5) is 60.9. The largest absolute Gasteiger partial charge is 0.481 e. The highest BCUT2D eigenvalue weighted by Gasteiger charge is 2.38. The van der Waals surface area contributed by atoms with Gasteiger partial charge in [0, 0.05) is 13.0 Å². The number of carbonyl (C=O) groups excluding carboxylic acids is 3. The third-order valence-electron chi connectivity index (χ3n) is 5.35. The minimum Gasteiger partial charge on any atom is -0.481 e. The Bertz CT molecular complexity index is 669. The SMILES string of the molecule is CCC(C)C(NC(=O)C1CCCN1C(=O)C(C)NC(=O)C(N)CCC(=O)O)C(=O)O. The van der Waals surface area contributed by atoms with E-state index in [1.54, 1.807) is 6.92 Å². The lowest BCUT2D eigenvalue weighted by Crippen LogP contribution is -2.56. The fraction of sp³-hybridized carbons (Fsp3) is 0.737. The Morgan fingerprint density at radius 2 is 1.77 bits per heavy atom. The first-order chi connectivity index (χ1) is 14.0. The number of nitrogens with two attached hydrogens (primary N) is 1. The molecule has 1 rings (SSSR count). The second-order valence-electron chi connectivity index (χ2n) is 7.67. The highest BCUT2D eigenvalue weighted by Crippen LogP contribution is 2.20. The number of carboxylic acids is 2. The number of hydrogen-bond acceptors (Lipinski definition) is 6. The summed E-state index contributed by atoms with van der Waals surface area (Å²) in [5, 5.41) is 23.0. The Kier molecular flexibility index (Phi) is 9.70. The first-order valence-corrected chi connectivity index (χ1v) is 10.1. The number of hydrogen-bond donors (Lipinski definition) is 5. The van der Waals surface area contributed by atoms with Crippen LogP contribution < -0.4 is 16.4 Å². The standard InChI is InChI=1S/C19H32N4O7/c1-4-10(2)15(19(29)30)22-17(27)13-6-5-9-23(13)18(28)11(3)21-16(26)12(20)7-8-14(24)25/h10-13,15H,4-9,20H2,1-3H3,(H,21,26)(H,22,27)(H,24,25)(H,29,30). The molecule has 0 spiro atoms. The molecule has 0 aromatic carbocycles. The van der Waals surface area contributed by atoms with Crippen LogP contribution in [0.25, 0.3) is 0 Å². The van der Waals surface area contributed by atoms with E-state index in [1.807, 2.05) is 6.92 Å². The Balaban J connectivity index is 2.74. The molecule has 0 aromatic rings. The molecule has 5 unspecified atom stereocenters. The van der Waals surface area contributed by atoms with Crippen molar-refractivity contribution in [2.24, 2.45) is 11.7 Å². The van der Waals surface area contributed by atoms with Gasteiger partial charge in [-0.2, -0.15) is 0 Å². The van der Waals surface area contributed by atoms with E-state index in [0.717, 1.165) is 0 Å². The lowest BCUT2D eigenvalue weighted by molar-refractivity contribution is -0.146. The molecule has 6 N–H and O–H groups in total. The van der Waals surface area contributed by atoms with Crippen LogP contribution >= 0.6 is 0 Å². The zero-order chi connectivity index (χ0) is 23.0. The quantitative estimate of drug-likeness (QED) is 0.286. The molecule has 1 aliphatic rings. The van der Waals surface area contributed by atoms with Gasteiger partial charge in [-0.3, -0.25) is 19.2 Å². The molecule has 1 fully saturated rings.